The van der Waals surface area contributed by atoms with Gasteiger partial charge in [-0.25, -0.2) is 13.2 Å². The zero-order valence-electron chi connectivity index (χ0n) is 13.6. The lowest BCUT2D eigenvalue weighted by Crippen LogP contribution is -2.42. The molecule has 1 fully saturated rings. The quantitative estimate of drug-likeness (QED) is 0.612. The number of hydrogen-bond donors (Lipinski definition) is 0. The van der Waals surface area contributed by atoms with Crippen molar-refractivity contribution in [3.63, 3.8) is 0 Å². The van der Waals surface area contributed by atoms with Crippen molar-refractivity contribution >= 4 is 16.0 Å². The summed E-state index contributed by atoms with van der Waals surface area (Å²) in [5.41, 5.74) is 1.02. The molecule has 1 aliphatic heterocycles. The molecule has 0 aromatic heterocycles. The number of aryl methyl sites for hydroxylation is 1. The number of carbonyl (C=O) groups excluding carboxylic acids is 1. The summed E-state index contributed by atoms with van der Waals surface area (Å²) in [4.78, 5) is 11.8. The monoisotopic (exact) mass is 337 g/mol. The van der Waals surface area contributed by atoms with Gasteiger partial charge in [0.25, 0.3) is 0 Å². The molecule has 0 radical (unpaired) electrons. The van der Waals surface area contributed by atoms with Crippen LogP contribution in [0.1, 0.15) is 31.7 Å². The van der Waals surface area contributed by atoms with Crippen LogP contribution in [0.4, 0.5) is 0 Å². The smallest absolute Gasteiger partial charge is 0.330 e. The Labute approximate surface area is 138 Å². The van der Waals surface area contributed by atoms with E-state index in [1.54, 1.807) is 37.3 Å². The normalized spacial score (nSPS) is 19.8. The second-order valence-electron chi connectivity index (χ2n) is 5.60. The van der Waals surface area contributed by atoms with Crippen LogP contribution >= 0.6 is 0 Å². The molecule has 0 aliphatic carbocycles. The Hall–Kier alpha value is -1.66. The maximum atomic E-state index is 12.9. The average Bonchev–Trinajstić information content (AvgIpc) is 2.54. The summed E-state index contributed by atoms with van der Waals surface area (Å²) in [6.45, 7) is 4.43. The number of sulfonamides is 1. The summed E-state index contributed by atoms with van der Waals surface area (Å²) in [7, 11) is -3.56. The fraction of sp³-hybridized carbons (Fsp3) is 0.471. The number of carbonyl (C=O) groups is 1. The molecule has 1 aromatic carbocycles. The Morgan fingerprint density at radius 3 is 2.65 bits per heavy atom. The van der Waals surface area contributed by atoms with Gasteiger partial charge in [-0.3, -0.25) is 0 Å². The molecule has 0 bridgehead atoms. The number of nitrogens with zero attached hydrogens (tertiary/aromatic N) is 1. The van der Waals surface area contributed by atoms with Gasteiger partial charge >= 0.3 is 5.97 Å². The lowest BCUT2D eigenvalue weighted by atomic mass is 10.0. The molecule has 126 valence electrons. The Morgan fingerprint density at radius 1 is 1.30 bits per heavy atom. The van der Waals surface area contributed by atoms with Crippen molar-refractivity contribution in [3.8, 4) is 0 Å². The van der Waals surface area contributed by atoms with E-state index in [0.29, 0.717) is 24.5 Å². The van der Waals surface area contributed by atoms with Crippen molar-refractivity contribution in [3.05, 3.63) is 42.0 Å². The van der Waals surface area contributed by atoms with Crippen LogP contribution in [0, 0.1) is 6.92 Å². The highest BCUT2D eigenvalue weighted by atomic mass is 32.2. The van der Waals surface area contributed by atoms with E-state index >= 15 is 0 Å². The predicted octanol–water partition coefficient (Wildman–Crippen LogP) is 2.66. The maximum Gasteiger partial charge on any atom is 0.330 e. The predicted molar refractivity (Wildman–Crippen MR) is 88.5 cm³/mol. The molecule has 1 aliphatic rings. The SMILES string of the molecule is CCOC(=O)/C=C/C1CCCCN1S(=O)(=O)c1ccc(C)cc1. The molecule has 1 saturated heterocycles. The molecule has 1 aromatic rings. The zero-order valence-corrected chi connectivity index (χ0v) is 14.4. The number of piperidine rings is 1. The van der Waals surface area contributed by atoms with Crippen LogP contribution in [-0.2, 0) is 19.6 Å². The van der Waals surface area contributed by atoms with Gasteiger partial charge < -0.3 is 4.74 Å². The molecule has 6 heteroatoms. The fourth-order valence-corrected chi connectivity index (χ4v) is 4.30. The number of hydrogen-bond acceptors (Lipinski definition) is 4. The molecule has 1 atom stereocenters. The first-order chi connectivity index (χ1) is 10.9. The first kappa shape index (κ1) is 17.7. The van der Waals surface area contributed by atoms with E-state index in [4.69, 9.17) is 4.74 Å². The first-order valence-corrected chi connectivity index (χ1v) is 9.32. The van der Waals surface area contributed by atoms with Crippen molar-refractivity contribution in [2.45, 2.75) is 44.0 Å². The van der Waals surface area contributed by atoms with Gasteiger partial charge in [-0.1, -0.05) is 30.2 Å². The molecule has 0 amide bonds. The Balaban J connectivity index is 2.23. The topological polar surface area (TPSA) is 63.7 Å². The van der Waals surface area contributed by atoms with E-state index in [9.17, 15) is 13.2 Å². The highest BCUT2D eigenvalue weighted by Crippen LogP contribution is 2.26. The average molecular weight is 337 g/mol. The number of ether oxygens (including phenoxy) is 1. The second-order valence-corrected chi connectivity index (χ2v) is 7.49. The minimum absolute atomic E-state index is 0.291. The third-order valence-electron chi connectivity index (χ3n) is 3.87. The lowest BCUT2D eigenvalue weighted by molar-refractivity contribution is -0.137. The summed E-state index contributed by atoms with van der Waals surface area (Å²) in [6.07, 6.45) is 5.45. The summed E-state index contributed by atoms with van der Waals surface area (Å²) < 4.78 is 32.1. The number of benzene rings is 1. The van der Waals surface area contributed by atoms with Gasteiger partial charge in [-0.15, -0.1) is 0 Å². The molecule has 23 heavy (non-hydrogen) atoms. The summed E-state index contributed by atoms with van der Waals surface area (Å²) in [5, 5.41) is 0. The lowest BCUT2D eigenvalue weighted by Gasteiger charge is -2.32. The Bertz CT molecular complexity index is 664. The van der Waals surface area contributed by atoms with Gasteiger partial charge in [0.2, 0.25) is 10.0 Å². The van der Waals surface area contributed by atoms with Crippen LogP contribution in [0.2, 0.25) is 0 Å². The molecule has 2 rings (SSSR count). The van der Waals surface area contributed by atoms with E-state index < -0.39 is 16.0 Å². The van der Waals surface area contributed by atoms with Crippen LogP contribution in [0.3, 0.4) is 0 Å². The number of esters is 1. The molecule has 0 saturated carbocycles. The highest BCUT2D eigenvalue weighted by Gasteiger charge is 2.32. The van der Waals surface area contributed by atoms with E-state index in [1.807, 2.05) is 6.92 Å². The third-order valence-corrected chi connectivity index (χ3v) is 5.81. The van der Waals surface area contributed by atoms with E-state index in [2.05, 4.69) is 0 Å². The zero-order chi connectivity index (χ0) is 16.9. The summed E-state index contributed by atoms with van der Waals surface area (Å²) >= 11 is 0. The molecular formula is C17H23NO4S. The minimum atomic E-state index is -3.56. The van der Waals surface area contributed by atoms with Crippen LogP contribution in [0.5, 0.6) is 0 Å². The van der Waals surface area contributed by atoms with Crippen LogP contribution in [0.15, 0.2) is 41.3 Å². The highest BCUT2D eigenvalue weighted by molar-refractivity contribution is 7.89. The van der Waals surface area contributed by atoms with Crippen molar-refractivity contribution < 1.29 is 17.9 Å². The third kappa shape index (κ3) is 4.42. The Morgan fingerprint density at radius 2 is 2.00 bits per heavy atom. The maximum absolute atomic E-state index is 12.9. The first-order valence-electron chi connectivity index (χ1n) is 7.88. The fourth-order valence-electron chi connectivity index (χ4n) is 2.65. The van der Waals surface area contributed by atoms with Crippen molar-refractivity contribution in [2.24, 2.45) is 0 Å². The van der Waals surface area contributed by atoms with Gasteiger partial charge in [0, 0.05) is 18.7 Å². The molecule has 1 heterocycles. The van der Waals surface area contributed by atoms with Crippen molar-refractivity contribution in [2.75, 3.05) is 13.2 Å². The van der Waals surface area contributed by atoms with Gasteiger partial charge in [-0.2, -0.15) is 4.31 Å². The van der Waals surface area contributed by atoms with Gasteiger partial charge in [0.05, 0.1) is 11.5 Å². The van der Waals surface area contributed by atoms with E-state index in [1.165, 1.54) is 10.4 Å². The largest absolute Gasteiger partial charge is 0.463 e. The standard InChI is InChI=1S/C17H23NO4S/c1-3-22-17(19)12-9-15-6-4-5-13-18(15)23(20,21)16-10-7-14(2)8-11-16/h7-12,15H,3-6,13H2,1-2H3/b12-9+. The Kier molecular flexibility index (Phi) is 5.96. The van der Waals surface area contributed by atoms with Crippen LogP contribution < -0.4 is 0 Å². The molecule has 5 nitrogen and oxygen atoms in total. The van der Waals surface area contributed by atoms with Crippen LogP contribution in [0.25, 0.3) is 0 Å². The summed E-state index contributed by atoms with van der Waals surface area (Å²) in [5.74, 6) is -0.439. The second kappa shape index (κ2) is 7.75. The minimum Gasteiger partial charge on any atom is -0.463 e. The van der Waals surface area contributed by atoms with Crippen LogP contribution in [-0.4, -0.2) is 37.9 Å². The molecule has 0 spiro atoms. The summed E-state index contributed by atoms with van der Waals surface area (Å²) in [6, 6.07) is 6.54. The van der Waals surface area contributed by atoms with E-state index in [-0.39, 0.29) is 6.04 Å². The molecule has 1 unspecified atom stereocenters. The van der Waals surface area contributed by atoms with Crippen molar-refractivity contribution in [1.29, 1.82) is 0 Å². The van der Waals surface area contributed by atoms with Gasteiger partial charge in [0.1, 0.15) is 0 Å². The van der Waals surface area contributed by atoms with Gasteiger partial charge in [-0.05, 0) is 38.8 Å². The molecular weight excluding hydrogens is 314 g/mol. The van der Waals surface area contributed by atoms with E-state index in [0.717, 1.165) is 18.4 Å². The van der Waals surface area contributed by atoms with Gasteiger partial charge in [0.15, 0.2) is 0 Å². The van der Waals surface area contributed by atoms with Crippen molar-refractivity contribution in [1.82, 2.24) is 4.31 Å². The number of rotatable bonds is 5. The molecule has 0 N–H and O–H groups in total.